The summed E-state index contributed by atoms with van der Waals surface area (Å²) in [4.78, 5) is 14.7. The first-order valence-electron chi connectivity index (χ1n) is 11.3. The molecule has 2 aromatic carbocycles. The number of aryl methyl sites for hydroxylation is 2. The molecule has 4 aromatic rings. The fourth-order valence-electron chi connectivity index (χ4n) is 3.52. The summed E-state index contributed by atoms with van der Waals surface area (Å²) in [5.74, 6) is 0.806. The van der Waals surface area contributed by atoms with Gasteiger partial charge in [0.2, 0.25) is 0 Å². The minimum Gasteiger partial charge on any atom is -0.512 e. The summed E-state index contributed by atoms with van der Waals surface area (Å²) in [6.45, 7) is 13.7. The van der Waals surface area contributed by atoms with E-state index in [1.807, 2.05) is 12.3 Å². The van der Waals surface area contributed by atoms with Crippen LogP contribution in [0.2, 0.25) is 0 Å². The molecule has 0 bridgehead atoms. The van der Waals surface area contributed by atoms with Gasteiger partial charge in [0.25, 0.3) is 0 Å². The average molecular weight is 647 g/mol. The molecular weight excluding hydrogens is 615 g/mol. The molecule has 0 aliphatic heterocycles. The quantitative estimate of drug-likeness (QED) is 0.140. The summed E-state index contributed by atoms with van der Waals surface area (Å²) in [6.07, 6.45) is 3.05. The van der Waals surface area contributed by atoms with Gasteiger partial charge in [0, 0.05) is 43.3 Å². The average Bonchev–Trinajstić information content (AvgIpc) is 3.16. The van der Waals surface area contributed by atoms with E-state index in [-0.39, 0.29) is 37.1 Å². The summed E-state index contributed by atoms with van der Waals surface area (Å²) < 4.78 is 6.13. The number of nitrogens with zero attached hydrogens (tertiary/aromatic N) is 1. The molecule has 4 nitrogen and oxygen atoms in total. The summed E-state index contributed by atoms with van der Waals surface area (Å²) in [5.41, 5.74) is 7.56. The second-order valence-corrected chi connectivity index (χ2v) is 9.70. The SMILES string of the molecule is CC(=O)/C=C(/C)O.Cc1[c-]c(-c2cc3oc(-c4ccc(C)cc4)cc3cn2)cc(C(C)(C)C)c1.[Ir]. The number of benzene rings is 2. The molecule has 4 rings (SSSR count). The van der Waals surface area contributed by atoms with E-state index in [0.29, 0.717) is 0 Å². The number of aliphatic hydroxyl groups is 1. The predicted molar refractivity (Wildman–Crippen MR) is 139 cm³/mol. The maximum atomic E-state index is 10.0. The van der Waals surface area contributed by atoms with Crippen molar-refractivity contribution in [2.75, 3.05) is 0 Å². The molecule has 185 valence electrons. The first-order chi connectivity index (χ1) is 15.9. The zero-order valence-electron chi connectivity index (χ0n) is 21.3. The van der Waals surface area contributed by atoms with Crippen LogP contribution in [0.4, 0.5) is 0 Å². The Labute approximate surface area is 221 Å². The summed E-state index contributed by atoms with van der Waals surface area (Å²) in [5, 5.41) is 9.38. The van der Waals surface area contributed by atoms with Crippen molar-refractivity contribution in [2.24, 2.45) is 0 Å². The standard InChI is InChI=1S/C25H24NO.C5H8O2.Ir/c1-16-6-8-18(9-7-16)23-13-20-15-26-22(14-24(20)27-23)19-10-17(2)11-21(12-19)25(3,4)5;1-4(6)3-5(2)7;/h6-9,11-15H,1-5H3;3,6H,1-2H3;/q-1;;/b;4-3-;. The number of carbonyl (C=O) groups excluding carboxylic acids is 1. The molecule has 0 saturated heterocycles. The molecule has 2 heterocycles. The van der Waals surface area contributed by atoms with Gasteiger partial charge in [-0.05, 0) is 44.0 Å². The third-order valence-electron chi connectivity index (χ3n) is 5.30. The van der Waals surface area contributed by atoms with E-state index >= 15 is 0 Å². The summed E-state index contributed by atoms with van der Waals surface area (Å²) in [7, 11) is 0. The number of carbonyl (C=O) groups is 1. The van der Waals surface area contributed by atoms with Crippen molar-refractivity contribution in [3.05, 3.63) is 89.3 Å². The van der Waals surface area contributed by atoms with Crippen LogP contribution in [0.3, 0.4) is 0 Å². The van der Waals surface area contributed by atoms with E-state index in [0.717, 1.165) is 39.1 Å². The Morgan fingerprint density at radius 1 is 1.03 bits per heavy atom. The van der Waals surface area contributed by atoms with Crippen LogP contribution in [-0.2, 0) is 30.3 Å². The van der Waals surface area contributed by atoms with Crippen LogP contribution in [-0.4, -0.2) is 15.9 Å². The van der Waals surface area contributed by atoms with E-state index < -0.39 is 0 Å². The van der Waals surface area contributed by atoms with Gasteiger partial charge in [-0.2, -0.15) is 0 Å². The van der Waals surface area contributed by atoms with Crippen molar-refractivity contribution < 1.29 is 34.4 Å². The molecule has 0 aliphatic carbocycles. The Hall–Kier alpha value is -3.01. The fraction of sp³-hybridized carbons (Fsp3) is 0.267. The number of hydrogen-bond donors (Lipinski definition) is 1. The Morgan fingerprint density at radius 2 is 1.69 bits per heavy atom. The molecule has 0 amide bonds. The van der Waals surface area contributed by atoms with E-state index in [1.165, 1.54) is 31.1 Å². The van der Waals surface area contributed by atoms with Crippen molar-refractivity contribution in [3.8, 4) is 22.6 Å². The number of fused-ring (bicyclic) bond motifs is 1. The van der Waals surface area contributed by atoms with Crippen molar-refractivity contribution in [1.82, 2.24) is 4.98 Å². The van der Waals surface area contributed by atoms with Gasteiger partial charge in [0.1, 0.15) is 11.3 Å². The normalized spacial score (nSPS) is 11.5. The van der Waals surface area contributed by atoms with Gasteiger partial charge in [0.05, 0.1) is 5.76 Å². The Morgan fingerprint density at radius 3 is 2.23 bits per heavy atom. The molecule has 0 saturated carbocycles. The smallest absolute Gasteiger partial charge is 0.155 e. The summed E-state index contributed by atoms with van der Waals surface area (Å²) in [6, 6.07) is 20.3. The Balaban J connectivity index is 0.000000476. The van der Waals surface area contributed by atoms with Gasteiger partial charge >= 0.3 is 0 Å². The molecule has 0 atom stereocenters. The van der Waals surface area contributed by atoms with Gasteiger partial charge in [-0.1, -0.05) is 57.5 Å². The molecule has 0 unspecified atom stereocenters. The molecule has 1 radical (unpaired) electrons. The van der Waals surface area contributed by atoms with Crippen molar-refractivity contribution >= 4 is 16.8 Å². The van der Waals surface area contributed by atoms with Crippen LogP contribution < -0.4 is 0 Å². The van der Waals surface area contributed by atoms with Gasteiger partial charge in [0.15, 0.2) is 5.78 Å². The van der Waals surface area contributed by atoms with Crippen LogP contribution in [0, 0.1) is 19.9 Å². The van der Waals surface area contributed by atoms with Crippen LogP contribution in [0.15, 0.2) is 71.0 Å². The summed E-state index contributed by atoms with van der Waals surface area (Å²) >= 11 is 0. The topological polar surface area (TPSA) is 63.3 Å². The molecule has 0 fully saturated rings. The minimum atomic E-state index is -0.125. The largest absolute Gasteiger partial charge is 0.512 e. The van der Waals surface area contributed by atoms with Gasteiger partial charge in [-0.25, -0.2) is 0 Å². The van der Waals surface area contributed by atoms with Gasteiger partial charge in [-0.3, -0.25) is 4.79 Å². The Bertz CT molecular complexity index is 1340. The number of rotatable bonds is 3. The maximum absolute atomic E-state index is 10.0. The van der Waals surface area contributed by atoms with Crippen molar-refractivity contribution in [2.45, 2.75) is 53.9 Å². The molecule has 0 spiro atoms. The second kappa shape index (κ2) is 11.6. The predicted octanol–water partition coefficient (Wildman–Crippen LogP) is 7.91. The number of hydrogen-bond acceptors (Lipinski definition) is 4. The first-order valence-corrected chi connectivity index (χ1v) is 11.3. The second-order valence-electron chi connectivity index (χ2n) is 9.70. The molecule has 2 aromatic heterocycles. The molecule has 0 aliphatic rings. The first kappa shape index (κ1) is 28.2. The third kappa shape index (κ3) is 7.74. The van der Waals surface area contributed by atoms with Crippen molar-refractivity contribution in [3.63, 3.8) is 0 Å². The van der Waals surface area contributed by atoms with Crippen LogP contribution in [0.25, 0.3) is 33.6 Å². The monoisotopic (exact) mass is 647 g/mol. The number of ketones is 1. The minimum absolute atomic E-state index is 0. The van der Waals surface area contributed by atoms with E-state index in [2.05, 4.69) is 88.1 Å². The number of pyridine rings is 1. The number of aromatic nitrogens is 1. The zero-order valence-corrected chi connectivity index (χ0v) is 23.7. The number of furan rings is 1. The van der Waals surface area contributed by atoms with E-state index in [1.54, 1.807) is 0 Å². The molecule has 5 heteroatoms. The molecular formula is C30H32IrNO3-. The van der Waals surface area contributed by atoms with Gasteiger partial charge < -0.3 is 14.5 Å². The van der Waals surface area contributed by atoms with E-state index in [4.69, 9.17) is 9.52 Å². The third-order valence-corrected chi connectivity index (χ3v) is 5.30. The number of aliphatic hydroxyl groups excluding tert-OH is 1. The molecule has 1 N–H and O–H groups in total. The Kier molecular flexibility index (Phi) is 9.37. The van der Waals surface area contributed by atoms with Crippen LogP contribution in [0.5, 0.6) is 0 Å². The van der Waals surface area contributed by atoms with E-state index in [9.17, 15) is 4.79 Å². The van der Waals surface area contributed by atoms with Crippen molar-refractivity contribution in [1.29, 1.82) is 0 Å². The maximum Gasteiger partial charge on any atom is 0.155 e. The zero-order chi connectivity index (χ0) is 25.0. The van der Waals surface area contributed by atoms with Crippen LogP contribution >= 0.6 is 0 Å². The van der Waals surface area contributed by atoms with Crippen LogP contribution in [0.1, 0.15) is 51.3 Å². The number of allylic oxidation sites excluding steroid dienone is 2. The fourth-order valence-corrected chi connectivity index (χ4v) is 3.52. The molecule has 35 heavy (non-hydrogen) atoms. The van der Waals surface area contributed by atoms with Gasteiger partial charge in [-0.15, -0.1) is 34.9 Å².